The Morgan fingerprint density at radius 2 is 1.40 bits per heavy atom. The Hall–Kier alpha value is -1.38. The average molecular weight is 510 g/mol. The van der Waals surface area contributed by atoms with Gasteiger partial charge in [-0.1, -0.05) is 34.6 Å². The van der Waals surface area contributed by atoms with Crippen LogP contribution in [-0.4, -0.2) is 118 Å². The van der Waals surface area contributed by atoms with Crippen molar-refractivity contribution in [1.29, 1.82) is 0 Å². The molecular weight excluding hydrogens is 466 g/mol. The minimum absolute atomic E-state index is 0.0172. The molecule has 12 heteroatoms. The molecule has 35 heavy (non-hydrogen) atoms. The zero-order chi connectivity index (χ0) is 27.0. The smallest absolute Gasteiger partial charge is 0.323 e. The maximum absolute atomic E-state index is 12.3. The van der Waals surface area contributed by atoms with Crippen molar-refractivity contribution in [3.05, 3.63) is 0 Å². The monoisotopic (exact) mass is 509 g/mol. The molecule has 0 bridgehead atoms. The summed E-state index contributed by atoms with van der Waals surface area (Å²) in [6.45, 7) is 8.00. The molecule has 0 amide bonds. The number of esters is 2. The minimum Gasteiger partial charge on any atom is -0.463 e. The molecule has 1 aliphatic rings. The summed E-state index contributed by atoms with van der Waals surface area (Å²) in [7, 11) is 1.60. The van der Waals surface area contributed by atoms with Crippen LogP contribution in [0.1, 0.15) is 41.0 Å². The number of likely N-dealkylation sites (N-methyl/N-ethyl adjacent to an activating group) is 1. The van der Waals surface area contributed by atoms with Crippen molar-refractivity contribution in [2.24, 2.45) is 17.8 Å². The molecule has 206 valence electrons. The van der Waals surface area contributed by atoms with Gasteiger partial charge in [-0.2, -0.15) is 0 Å². The van der Waals surface area contributed by atoms with E-state index in [0.29, 0.717) is 0 Å². The lowest BCUT2D eigenvalue weighted by atomic mass is 9.90. The van der Waals surface area contributed by atoms with Gasteiger partial charge in [0.05, 0.1) is 18.1 Å². The summed E-state index contributed by atoms with van der Waals surface area (Å²) in [6, 6.07) is -0.599. The molecule has 1 fully saturated rings. The van der Waals surface area contributed by atoms with Crippen LogP contribution in [0.15, 0.2) is 0 Å². The van der Waals surface area contributed by atoms with Crippen molar-refractivity contribution in [3.8, 4) is 0 Å². The van der Waals surface area contributed by atoms with Gasteiger partial charge in [-0.3, -0.25) is 9.59 Å². The van der Waals surface area contributed by atoms with Crippen LogP contribution in [0.2, 0.25) is 0 Å². The van der Waals surface area contributed by atoms with Gasteiger partial charge in [-0.15, -0.1) is 0 Å². The number of ether oxygens (including phenoxy) is 3. The molecule has 12 nitrogen and oxygen atoms in total. The molecule has 0 aromatic rings. The van der Waals surface area contributed by atoms with Crippen LogP contribution in [-0.2, 0) is 23.8 Å². The van der Waals surface area contributed by atoms with Crippen molar-refractivity contribution in [2.45, 2.75) is 95.9 Å². The topological polar surface area (TPSA) is 195 Å². The summed E-state index contributed by atoms with van der Waals surface area (Å²) in [5, 5.41) is 64.3. The predicted octanol–water partition coefficient (Wildman–Crippen LogP) is -2.07. The van der Waals surface area contributed by atoms with Crippen LogP contribution >= 0.6 is 0 Å². The summed E-state index contributed by atoms with van der Waals surface area (Å²) in [5.41, 5.74) is 0. The standard InChI is InChI=1S/C23H43NO11/c1-10(2)12(5)22(31)33-8-14(26)18(27)13(25)7-15-19(28)21(30)20(29)16(35-15)9-34-23(32)17(24-6)11(3)4/h10-21,24-30H,7-9H2,1-6H3/t12?,13-,14?,15?,16?,17?,18?,19?,20?,21?/m1/s1. The second kappa shape index (κ2) is 14.4. The molecule has 1 saturated heterocycles. The second-order valence-corrected chi connectivity index (χ2v) is 9.85. The number of aliphatic hydroxyl groups excluding tert-OH is 6. The number of hydrogen-bond donors (Lipinski definition) is 7. The lowest BCUT2D eigenvalue weighted by Crippen LogP contribution is -2.60. The number of hydrogen-bond acceptors (Lipinski definition) is 12. The van der Waals surface area contributed by atoms with Gasteiger partial charge >= 0.3 is 11.9 Å². The Morgan fingerprint density at radius 1 is 0.829 bits per heavy atom. The fraction of sp³-hybridized carbons (Fsp3) is 0.913. The SMILES string of the molecule is CNC(C(=O)OCC1OC(C[C@@H](O)C(O)C(O)COC(=O)C(C)C(C)C)C(O)C(O)C1O)C(C)C. The van der Waals surface area contributed by atoms with Crippen molar-refractivity contribution < 1.29 is 54.4 Å². The normalized spacial score (nSPS) is 29.4. The van der Waals surface area contributed by atoms with Crippen LogP contribution in [0.25, 0.3) is 0 Å². The van der Waals surface area contributed by atoms with E-state index in [-0.39, 0.29) is 11.8 Å². The van der Waals surface area contributed by atoms with E-state index in [1.54, 1.807) is 14.0 Å². The molecular formula is C23H43NO11. The van der Waals surface area contributed by atoms with E-state index in [1.165, 1.54) is 0 Å². The highest BCUT2D eigenvalue weighted by Gasteiger charge is 2.45. The minimum atomic E-state index is -1.75. The largest absolute Gasteiger partial charge is 0.463 e. The Labute approximate surface area is 206 Å². The molecule has 0 aliphatic carbocycles. The molecule has 1 heterocycles. The van der Waals surface area contributed by atoms with E-state index < -0.39 is 92.4 Å². The van der Waals surface area contributed by atoms with E-state index in [2.05, 4.69) is 5.32 Å². The third-order valence-corrected chi connectivity index (χ3v) is 6.46. The fourth-order valence-corrected chi connectivity index (χ4v) is 3.64. The summed E-state index contributed by atoms with van der Waals surface area (Å²) in [5.74, 6) is -1.61. The molecule has 0 aromatic carbocycles. The third kappa shape index (κ3) is 8.90. The summed E-state index contributed by atoms with van der Waals surface area (Å²) in [4.78, 5) is 24.2. The highest BCUT2D eigenvalue weighted by atomic mass is 16.6. The maximum Gasteiger partial charge on any atom is 0.323 e. The third-order valence-electron chi connectivity index (χ3n) is 6.46. The summed E-state index contributed by atoms with van der Waals surface area (Å²) >= 11 is 0. The van der Waals surface area contributed by atoms with E-state index in [9.17, 15) is 40.2 Å². The van der Waals surface area contributed by atoms with Gasteiger partial charge in [-0.25, -0.2) is 0 Å². The fourth-order valence-electron chi connectivity index (χ4n) is 3.64. The zero-order valence-corrected chi connectivity index (χ0v) is 21.3. The Kier molecular flexibility index (Phi) is 13.0. The first-order valence-electron chi connectivity index (χ1n) is 12.0. The van der Waals surface area contributed by atoms with Gasteiger partial charge in [-0.05, 0) is 18.9 Å². The van der Waals surface area contributed by atoms with Crippen LogP contribution < -0.4 is 5.32 Å². The zero-order valence-electron chi connectivity index (χ0n) is 21.3. The van der Waals surface area contributed by atoms with Gasteiger partial charge in [0.15, 0.2) is 0 Å². The number of carbonyl (C=O) groups is 2. The molecule has 1 aliphatic heterocycles. The number of rotatable bonds is 13. The van der Waals surface area contributed by atoms with E-state index >= 15 is 0 Å². The van der Waals surface area contributed by atoms with Crippen molar-refractivity contribution >= 4 is 11.9 Å². The van der Waals surface area contributed by atoms with Crippen molar-refractivity contribution in [1.82, 2.24) is 5.32 Å². The molecule has 0 spiro atoms. The van der Waals surface area contributed by atoms with Gasteiger partial charge in [0, 0.05) is 6.42 Å². The van der Waals surface area contributed by atoms with E-state index in [1.807, 2.05) is 27.7 Å². The highest BCUT2D eigenvalue weighted by molar-refractivity contribution is 5.76. The molecule has 9 unspecified atom stereocenters. The lowest BCUT2D eigenvalue weighted by molar-refractivity contribution is -0.240. The summed E-state index contributed by atoms with van der Waals surface area (Å²) in [6.07, 6.45) is -12.8. The average Bonchev–Trinajstić information content (AvgIpc) is 2.80. The lowest BCUT2D eigenvalue weighted by Gasteiger charge is -2.41. The van der Waals surface area contributed by atoms with Crippen LogP contribution in [0.4, 0.5) is 0 Å². The van der Waals surface area contributed by atoms with E-state index in [4.69, 9.17) is 14.2 Å². The Morgan fingerprint density at radius 3 is 1.91 bits per heavy atom. The highest BCUT2D eigenvalue weighted by Crippen LogP contribution is 2.26. The molecule has 0 saturated carbocycles. The number of nitrogens with one attached hydrogen (secondary N) is 1. The maximum atomic E-state index is 12.3. The van der Waals surface area contributed by atoms with Gasteiger partial charge in [0.25, 0.3) is 0 Å². The summed E-state index contributed by atoms with van der Waals surface area (Å²) < 4.78 is 15.8. The van der Waals surface area contributed by atoms with Gasteiger partial charge < -0.3 is 50.2 Å². The molecule has 7 N–H and O–H groups in total. The number of aliphatic hydroxyl groups is 6. The second-order valence-electron chi connectivity index (χ2n) is 9.85. The van der Waals surface area contributed by atoms with Crippen LogP contribution in [0.5, 0.6) is 0 Å². The number of carbonyl (C=O) groups excluding carboxylic acids is 2. The first kappa shape index (κ1) is 31.6. The predicted molar refractivity (Wildman–Crippen MR) is 123 cm³/mol. The Bertz CT molecular complexity index is 661. The molecule has 1 rings (SSSR count). The van der Waals surface area contributed by atoms with Crippen LogP contribution in [0, 0.1) is 17.8 Å². The quantitative estimate of drug-likeness (QED) is 0.134. The Balaban J connectivity index is 2.71. The molecule has 0 aromatic heterocycles. The van der Waals surface area contributed by atoms with Crippen LogP contribution in [0.3, 0.4) is 0 Å². The van der Waals surface area contributed by atoms with Crippen molar-refractivity contribution in [2.75, 3.05) is 20.3 Å². The first-order valence-corrected chi connectivity index (χ1v) is 12.0. The molecule has 10 atom stereocenters. The van der Waals surface area contributed by atoms with E-state index in [0.717, 1.165) is 0 Å². The molecule has 0 radical (unpaired) electrons. The van der Waals surface area contributed by atoms with Gasteiger partial charge in [0.1, 0.15) is 55.9 Å². The van der Waals surface area contributed by atoms with Crippen molar-refractivity contribution in [3.63, 3.8) is 0 Å². The van der Waals surface area contributed by atoms with Gasteiger partial charge in [0.2, 0.25) is 0 Å². The first-order chi connectivity index (χ1) is 16.2.